The normalized spacial score (nSPS) is 11.7. The van der Waals surface area contributed by atoms with Crippen molar-refractivity contribution >= 4 is 16.8 Å². The van der Waals surface area contributed by atoms with E-state index < -0.39 is 5.54 Å². The first-order valence-electron chi connectivity index (χ1n) is 7.70. The minimum absolute atomic E-state index is 0.282. The van der Waals surface area contributed by atoms with Gasteiger partial charge in [-0.05, 0) is 45.0 Å². The Morgan fingerprint density at radius 3 is 2.83 bits per heavy atom. The second kappa shape index (κ2) is 6.01. The van der Waals surface area contributed by atoms with Crippen LogP contribution in [0, 0.1) is 6.92 Å². The molecule has 3 N–H and O–H groups in total. The van der Waals surface area contributed by atoms with E-state index in [1.165, 1.54) is 0 Å². The van der Waals surface area contributed by atoms with Crippen molar-refractivity contribution in [2.24, 2.45) is 5.73 Å². The van der Waals surface area contributed by atoms with Crippen molar-refractivity contribution in [3.63, 3.8) is 0 Å². The van der Waals surface area contributed by atoms with E-state index in [0.717, 1.165) is 16.6 Å². The summed E-state index contributed by atoms with van der Waals surface area (Å²) in [5.41, 5.74) is 8.07. The molecule has 2 heterocycles. The Morgan fingerprint density at radius 1 is 1.29 bits per heavy atom. The lowest BCUT2D eigenvalue weighted by atomic mass is 10.1. The SMILES string of the molecule is Cc1c(C(=O)NCC(C)(C)N)nnn1-c1cccc2ncccc12. The number of nitrogens with two attached hydrogens (primary N) is 1. The summed E-state index contributed by atoms with van der Waals surface area (Å²) in [6, 6.07) is 9.60. The number of benzene rings is 1. The summed E-state index contributed by atoms with van der Waals surface area (Å²) < 4.78 is 1.66. The van der Waals surface area contributed by atoms with Crippen molar-refractivity contribution in [3.8, 4) is 5.69 Å². The molecular weight excluding hydrogens is 304 g/mol. The fourth-order valence-corrected chi connectivity index (χ4v) is 2.43. The third-order valence-corrected chi connectivity index (χ3v) is 3.67. The van der Waals surface area contributed by atoms with Gasteiger partial charge in [-0.3, -0.25) is 9.78 Å². The van der Waals surface area contributed by atoms with E-state index in [0.29, 0.717) is 17.9 Å². The minimum Gasteiger partial charge on any atom is -0.349 e. The van der Waals surface area contributed by atoms with E-state index in [2.05, 4.69) is 20.6 Å². The predicted molar refractivity (Wildman–Crippen MR) is 92.0 cm³/mol. The fraction of sp³-hybridized carbons (Fsp3) is 0.294. The van der Waals surface area contributed by atoms with Gasteiger partial charge in [0.25, 0.3) is 5.91 Å². The zero-order chi connectivity index (χ0) is 17.3. The number of pyridine rings is 1. The van der Waals surface area contributed by atoms with Crippen LogP contribution in [0.15, 0.2) is 36.5 Å². The molecule has 7 nitrogen and oxygen atoms in total. The summed E-state index contributed by atoms with van der Waals surface area (Å²) in [4.78, 5) is 16.7. The number of hydrogen-bond donors (Lipinski definition) is 2. The quantitative estimate of drug-likeness (QED) is 0.759. The summed E-state index contributed by atoms with van der Waals surface area (Å²) in [5.74, 6) is -0.282. The molecule has 0 spiro atoms. The van der Waals surface area contributed by atoms with Gasteiger partial charge in [-0.2, -0.15) is 0 Å². The predicted octanol–water partition coefficient (Wildman–Crippen LogP) is 1.59. The van der Waals surface area contributed by atoms with Gasteiger partial charge in [0.15, 0.2) is 5.69 Å². The standard InChI is InChI=1S/C17H20N6O/c1-11-15(16(24)20-10-17(2,3)18)21-22-23(11)14-8-4-7-13-12(14)6-5-9-19-13/h4-9H,10,18H2,1-3H3,(H,20,24). The molecule has 7 heteroatoms. The molecule has 3 rings (SSSR count). The van der Waals surface area contributed by atoms with Gasteiger partial charge in [-0.15, -0.1) is 5.10 Å². The lowest BCUT2D eigenvalue weighted by Crippen LogP contribution is -2.45. The van der Waals surface area contributed by atoms with E-state index in [1.54, 1.807) is 10.9 Å². The Morgan fingerprint density at radius 2 is 2.08 bits per heavy atom. The van der Waals surface area contributed by atoms with Crippen LogP contribution in [0.5, 0.6) is 0 Å². The van der Waals surface area contributed by atoms with Crippen molar-refractivity contribution in [1.82, 2.24) is 25.3 Å². The summed E-state index contributed by atoms with van der Waals surface area (Å²) in [6.07, 6.45) is 1.74. The molecule has 0 bridgehead atoms. The van der Waals surface area contributed by atoms with Crippen molar-refractivity contribution in [3.05, 3.63) is 47.9 Å². The van der Waals surface area contributed by atoms with Gasteiger partial charge in [0, 0.05) is 23.7 Å². The molecule has 124 valence electrons. The first-order chi connectivity index (χ1) is 11.4. The molecule has 1 amide bonds. The first kappa shape index (κ1) is 16.1. The van der Waals surface area contributed by atoms with Gasteiger partial charge in [0.05, 0.1) is 16.9 Å². The second-order valence-corrected chi connectivity index (χ2v) is 6.45. The Hall–Kier alpha value is -2.80. The fourth-order valence-electron chi connectivity index (χ4n) is 2.43. The van der Waals surface area contributed by atoms with E-state index in [4.69, 9.17) is 5.73 Å². The molecule has 0 radical (unpaired) electrons. The Balaban J connectivity index is 1.96. The summed E-state index contributed by atoms with van der Waals surface area (Å²) in [5, 5.41) is 11.9. The molecule has 0 fully saturated rings. The van der Waals surface area contributed by atoms with Crippen molar-refractivity contribution < 1.29 is 4.79 Å². The molecule has 3 aromatic rings. The van der Waals surface area contributed by atoms with E-state index in [-0.39, 0.29) is 5.91 Å². The first-order valence-corrected chi connectivity index (χ1v) is 7.70. The van der Waals surface area contributed by atoms with E-state index >= 15 is 0 Å². The van der Waals surface area contributed by atoms with Crippen molar-refractivity contribution in [1.29, 1.82) is 0 Å². The van der Waals surface area contributed by atoms with Crippen LogP contribution in [0.2, 0.25) is 0 Å². The minimum atomic E-state index is -0.485. The lowest BCUT2D eigenvalue weighted by molar-refractivity contribution is 0.0940. The zero-order valence-electron chi connectivity index (χ0n) is 13.9. The molecule has 0 aliphatic rings. The van der Waals surface area contributed by atoms with Crippen LogP contribution in [0.25, 0.3) is 16.6 Å². The maximum atomic E-state index is 12.3. The van der Waals surface area contributed by atoms with Crippen LogP contribution < -0.4 is 11.1 Å². The van der Waals surface area contributed by atoms with Gasteiger partial charge in [-0.1, -0.05) is 11.3 Å². The topological polar surface area (TPSA) is 98.7 Å². The number of carbonyl (C=O) groups is 1. The highest BCUT2D eigenvalue weighted by atomic mass is 16.2. The van der Waals surface area contributed by atoms with Gasteiger partial charge >= 0.3 is 0 Å². The summed E-state index contributed by atoms with van der Waals surface area (Å²) in [7, 11) is 0. The zero-order valence-corrected chi connectivity index (χ0v) is 13.9. The highest BCUT2D eigenvalue weighted by Crippen LogP contribution is 2.21. The number of nitrogens with zero attached hydrogens (tertiary/aromatic N) is 4. The molecule has 0 aliphatic heterocycles. The molecular formula is C17H20N6O. The van der Waals surface area contributed by atoms with Gasteiger partial charge in [0.1, 0.15) is 0 Å². The summed E-state index contributed by atoms with van der Waals surface area (Å²) >= 11 is 0. The van der Waals surface area contributed by atoms with Gasteiger partial charge < -0.3 is 11.1 Å². The molecule has 0 unspecified atom stereocenters. The number of carbonyl (C=O) groups excluding carboxylic acids is 1. The van der Waals surface area contributed by atoms with Crippen LogP contribution in [-0.2, 0) is 0 Å². The van der Waals surface area contributed by atoms with Crippen LogP contribution in [0.1, 0.15) is 30.0 Å². The second-order valence-electron chi connectivity index (χ2n) is 6.45. The molecule has 24 heavy (non-hydrogen) atoms. The Labute approximate surface area is 139 Å². The molecule has 0 aliphatic carbocycles. The monoisotopic (exact) mass is 324 g/mol. The van der Waals surface area contributed by atoms with Crippen molar-refractivity contribution in [2.75, 3.05) is 6.54 Å². The molecule has 1 aromatic carbocycles. The van der Waals surface area contributed by atoms with Crippen molar-refractivity contribution in [2.45, 2.75) is 26.3 Å². The smallest absolute Gasteiger partial charge is 0.273 e. The van der Waals surface area contributed by atoms with Gasteiger partial charge in [0.2, 0.25) is 0 Å². The van der Waals surface area contributed by atoms with Crippen LogP contribution >= 0.6 is 0 Å². The largest absolute Gasteiger partial charge is 0.349 e. The number of nitrogens with one attached hydrogen (secondary N) is 1. The number of rotatable bonds is 4. The lowest BCUT2D eigenvalue weighted by Gasteiger charge is -2.18. The molecule has 0 saturated carbocycles. The van der Waals surface area contributed by atoms with Gasteiger partial charge in [-0.25, -0.2) is 4.68 Å². The van der Waals surface area contributed by atoms with Crippen LogP contribution in [-0.4, -0.2) is 38.0 Å². The number of fused-ring (bicyclic) bond motifs is 1. The third kappa shape index (κ3) is 3.11. The maximum absolute atomic E-state index is 12.3. The summed E-state index contributed by atoms with van der Waals surface area (Å²) in [6.45, 7) is 5.87. The van der Waals surface area contributed by atoms with E-state index in [9.17, 15) is 4.79 Å². The van der Waals surface area contributed by atoms with Crippen LogP contribution in [0.4, 0.5) is 0 Å². The molecule has 0 atom stereocenters. The Bertz CT molecular complexity index is 888. The maximum Gasteiger partial charge on any atom is 0.273 e. The Kier molecular flexibility index (Phi) is 4.02. The van der Waals surface area contributed by atoms with E-state index in [1.807, 2.05) is 51.1 Å². The molecule has 2 aromatic heterocycles. The number of hydrogen-bond acceptors (Lipinski definition) is 5. The number of aromatic nitrogens is 4. The number of amides is 1. The highest BCUT2D eigenvalue weighted by Gasteiger charge is 2.20. The average Bonchev–Trinajstić information content (AvgIpc) is 2.93. The third-order valence-electron chi connectivity index (χ3n) is 3.67. The van der Waals surface area contributed by atoms with Crippen LogP contribution in [0.3, 0.4) is 0 Å². The highest BCUT2D eigenvalue weighted by molar-refractivity contribution is 5.94. The average molecular weight is 324 g/mol. The molecule has 0 saturated heterocycles.